The third-order valence-electron chi connectivity index (χ3n) is 3.41. The van der Waals surface area contributed by atoms with E-state index in [1.165, 1.54) is 0 Å². The van der Waals surface area contributed by atoms with Gasteiger partial charge in [0, 0.05) is 18.0 Å². The van der Waals surface area contributed by atoms with Crippen LogP contribution in [0.15, 0.2) is 24.3 Å². The first-order valence-electron chi connectivity index (χ1n) is 6.44. The number of β-amino-alcohol motifs (C(OH)–C–C–N with tert-alkyl or cyclic N) is 1. The van der Waals surface area contributed by atoms with Crippen LogP contribution in [0.25, 0.3) is 0 Å². The molecule has 2 rings (SSSR count). The minimum absolute atomic E-state index is 0.0777. The van der Waals surface area contributed by atoms with Gasteiger partial charge in [0.2, 0.25) is 10.0 Å². The van der Waals surface area contributed by atoms with Crippen molar-refractivity contribution in [1.82, 2.24) is 4.31 Å². The highest BCUT2D eigenvalue weighted by atomic mass is 35.5. The number of aliphatic carboxylic acids is 1. The number of carboxylic acids is 1. The molecule has 1 fully saturated rings. The largest absolute Gasteiger partial charge is 0.480 e. The lowest BCUT2D eigenvalue weighted by Crippen LogP contribution is -2.42. The number of carbonyl (C=O) groups is 1. The number of hydrogen-bond donors (Lipinski definition) is 2. The van der Waals surface area contributed by atoms with E-state index >= 15 is 0 Å². The molecule has 1 aromatic rings. The van der Waals surface area contributed by atoms with Crippen LogP contribution < -0.4 is 0 Å². The summed E-state index contributed by atoms with van der Waals surface area (Å²) < 4.78 is 25.4. The molecule has 1 aliphatic rings. The number of benzene rings is 1. The van der Waals surface area contributed by atoms with E-state index in [0.717, 1.165) is 9.87 Å². The molecule has 0 aromatic heterocycles. The summed E-state index contributed by atoms with van der Waals surface area (Å²) in [6.07, 6.45) is -0.778. The van der Waals surface area contributed by atoms with Gasteiger partial charge in [-0.3, -0.25) is 4.79 Å². The molecular formula is C13H16ClNO5S. The van der Waals surface area contributed by atoms with Gasteiger partial charge in [-0.05, 0) is 24.1 Å². The van der Waals surface area contributed by atoms with Crippen LogP contribution in [0, 0.1) is 0 Å². The number of nitrogens with zero attached hydrogens (tertiary/aromatic N) is 1. The SMILES string of the molecule is O=C(O)[C@H]1C[C@H](O)CN1S(=O)(=O)CCc1cccc(Cl)c1. The monoisotopic (exact) mass is 333 g/mol. The van der Waals surface area contributed by atoms with Crippen molar-refractivity contribution in [2.24, 2.45) is 0 Å². The molecule has 0 radical (unpaired) electrons. The number of halogens is 1. The summed E-state index contributed by atoms with van der Waals surface area (Å²) in [6, 6.07) is 5.66. The van der Waals surface area contributed by atoms with Gasteiger partial charge in [0.15, 0.2) is 0 Å². The Labute approximate surface area is 128 Å². The Kier molecular flexibility index (Phi) is 4.88. The van der Waals surface area contributed by atoms with Gasteiger partial charge >= 0.3 is 5.97 Å². The number of aryl methyl sites for hydroxylation is 1. The normalized spacial score (nSPS) is 23.3. The van der Waals surface area contributed by atoms with Crippen LogP contribution in [0.2, 0.25) is 5.02 Å². The Balaban J connectivity index is 2.09. The Morgan fingerprint density at radius 2 is 2.14 bits per heavy atom. The van der Waals surface area contributed by atoms with Crippen molar-refractivity contribution in [3.8, 4) is 0 Å². The summed E-state index contributed by atoms with van der Waals surface area (Å²) in [4.78, 5) is 11.1. The molecule has 1 heterocycles. The summed E-state index contributed by atoms with van der Waals surface area (Å²) >= 11 is 5.84. The molecule has 0 aliphatic carbocycles. The van der Waals surface area contributed by atoms with E-state index in [1.54, 1.807) is 24.3 Å². The molecule has 1 saturated heterocycles. The predicted octanol–water partition coefficient (Wildman–Crippen LogP) is 0.732. The number of hydrogen-bond acceptors (Lipinski definition) is 4. The molecule has 21 heavy (non-hydrogen) atoms. The number of sulfonamides is 1. The van der Waals surface area contributed by atoms with Crippen molar-refractivity contribution < 1.29 is 23.4 Å². The Bertz CT molecular complexity index is 633. The van der Waals surface area contributed by atoms with Gasteiger partial charge in [0.05, 0.1) is 11.9 Å². The number of carboxylic acid groups (broad SMARTS) is 1. The first-order valence-corrected chi connectivity index (χ1v) is 8.43. The molecule has 0 unspecified atom stereocenters. The summed E-state index contributed by atoms with van der Waals surface area (Å²) in [5.74, 6) is -1.46. The van der Waals surface area contributed by atoms with Crippen molar-refractivity contribution in [3.05, 3.63) is 34.9 Å². The molecule has 2 N–H and O–H groups in total. The maximum absolute atomic E-state index is 12.3. The molecule has 116 valence electrons. The second-order valence-corrected chi connectivity index (χ2v) is 7.49. The fraction of sp³-hybridized carbons (Fsp3) is 0.462. The Morgan fingerprint density at radius 1 is 1.43 bits per heavy atom. The topological polar surface area (TPSA) is 94.9 Å². The minimum Gasteiger partial charge on any atom is -0.480 e. The molecular weight excluding hydrogens is 318 g/mol. The van der Waals surface area contributed by atoms with Crippen molar-refractivity contribution >= 4 is 27.6 Å². The van der Waals surface area contributed by atoms with E-state index < -0.39 is 28.1 Å². The Morgan fingerprint density at radius 3 is 2.76 bits per heavy atom. The summed E-state index contributed by atoms with van der Waals surface area (Å²) in [5, 5.41) is 19.1. The van der Waals surface area contributed by atoms with Crippen molar-refractivity contribution in [2.45, 2.75) is 25.0 Å². The van der Waals surface area contributed by atoms with E-state index in [2.05, 4.69) is 0 Å². The zero-order valence-electron chi connectivity index (χ0n) is 11.1. The fourth-order valence-corrected chi connectivity index (χ4v) is 4.28. The second-order valence-electron chi connectivity index (χ2n) is 5.01. The second kappa shape index (κ2) is 6.31. The van der Waals surface area contributed by atoms with Gasteiger partial charge in [-0.25, -0.2) is 8.42 Å². The van der Waals surface area contributed by atoms with Crippen molar-refractivity contribution in [3.63, 3.8) is 0 Å². The van der Waals surface area contributed by atoms with Crippen LogP contribution in [-0.4, -0.2) is 53.3 Å². The van der Waals surface area contributed by atoms with Gasteiger partial charge < -0.3 is 10.2 Å². The maximum atomic E-state index is 12.3. The predicted molar refractivity (Wildman–Crippen MR) is 77.7 cm³/mol. The van der Waals surface area contributed by atoms with Crippen LogP contribution >= 0.6 is 11.6 Å². The molecule has 0 spiro atoms. The van der Waals surface area contributed by atoms with Gasteiger partial charge in [-0.15, -0.1) is 0 Å². The van der Waals surface area contributed by atoms with Gasteiger partial charge in [-0.2, -0.15) is 4.31 Å². The highest BCUT2D eigenvalue weighted by Crippen LogP contribution is 2.23. The number of aliphatic hydroxyl groups is 1. The molecule has 6 nitrogen and oxygen atoms in total. The minimum atomic E-state index is -3.75. The highest BCUT2D eigenvalue weighted by Gasteiger charge is 2.42. The van der Waals surface area contributed by atoms with E-state index in [0.29, 0.717) is 5.02 Å². The zero-order valence-corrected chi connectivity index (χ0v) is 12.7. The fourth-order valence-electron chi connectivity index (χ4n) is 2.37. The van der Waals surface area contributed by atoms with Crippen LogP contribution in [0.3, 0.4) is 0 Å². The van der Waals surface area contributed by atoms with Crippen LogP contribution in [-0.2, 0) is 21.2 Å². The van der Waals surface area contributed by atoms with Crippen LogP contribution in [0.5, 0.6) is 0 Å². The average molecular weight is 334 g/mol. The average Bonchev–Trinajstić information content (AvgIpc) is 2.80. The third-order valence-corrected chi connectivity index (χ3v) is 5.49. The highest BCUT2D eigenvalue weighted by molar-refractivity contribution is 7.89. The van der Waals surface area contributed by atoms with Crippen LogP contribution in [0.4, 0.5) is 0 Å². The van der Waals surface area contributed by atoms with Crippen LogP contribution in [0.1, 0.15) is 12.0 Å². The van der Waals surface area contributed by atoms with E-state index in [1.807, 2.05) is 0 Å². The third kappa shape index (κ3) is 3.94. The van der Waals surface area contributed by atoms with E-state index in [-0.39, 0.29) is 25.1 Å². The lowest BCUT2D eigenvalue weighted by atomic mass is 10.2. The summed E-state index contributed by atoms with van der Waals surface area (Å²) in [6.45, 7) is -0.172. The molecule has 2 atom stereocenters. The molecule has 0 amide bonds. The lowest BCUT2D eigenvalue weighted by Gasteiger charge is -2.20. The summed E-state index contributed by atoms with van der Waals surface area (Å²) in [7, 11) is -3.75. The molecule has 0 saturated carbocycles. The van der Waals surface area contributed by atoms with Gasteiger partial charge in [0.25, 0.3) is 0 Å². The number of aliphatic hydroxyl groups excluding tert-OH is 1. The number of rotatable bonds is 5. The summed E-state index contributed by atoms with van der Waals surface area (Å²) in [5.41, 5.74) is 0.762. The Hall–Kier alpha value is -1.15. The van der Waals surface area contributed by atoms with Crippen molar-refractivity contribution in [1.29, 1.82) is 0 Å². The first kappa shape index (κ1) is 16.2. The molecule has 0 bridgehead atoms. The van der Waals surface area contributed by atoms with E-state index in [9.17, 15) is 18.3 Å². The molecule has 8 heteroatoms. The maximum Gasteiger partial charge on any atom is 0.322 e. The smallest absolute Gasteiger partial charge is 0.322 e. The molecule has 1 aromatic carbocycles. The quantitative estimate of drug-likeness (QED) is 0.828. The standard InChI is InChI=1S/C13H16ClNO5S/c14-10-3-1-2-9(6-10)4-5-21(19,20)15-8-11(16)7-12(15)13(17)18/h1-3,6,11-12,16H,4-5,7-8H2,(H,17,18)/t11-,12+/m0/s1. The van der Waals surface area contributed by atoms with Gasteiger partial charge in [-0.1, -0.05) is 23.7 Å². The van der Waals surface area contributed by atoms with Crippen molar-refractivity contribution in [2.75, 3.05) is 12.3 Å². The first-order chi connectivity index (χ1) is 9.79. The molecule has 1 aliphatic heterocycles. The zero-order chi connectivity index (χ0) is 15.6. The van der Waals surface area contributed by atoms with E-state index in [4.69, 9.17) is 16.7 Å². The van der Waals surface area contributed by atoms with Gasteiger partial charge in [0.1, 0.15) is 6.04 Å². The lowest BCUT2D eigenvalue weighted by molar-refractivity contribution is -0.140.